The van der Waals surface area contributed by atoms with Crippen molar-refractivity contribution >= 4 is 11.6 Å². The average Bonchev–Trinajstić information content (AvgIpc) is 3.14. The van der Waals surface area contributed by atoms with Crippen LogP contribution in [-0.4, -0.2) is 39.5 Å². The summed E-state index contributed by atoms with van der Waals surface area (Å²) in [5.41, 5.74) is 1.84. The van der Waals surface area contributed by atoms with Crippen molar-refractivity contribution in [3.63, 3.8) is 0 Å². The first kappa shape index (κ1) is 14.1. The van der Waals surface area contributed by atoms with Crippen LogP contribution in [0, 0.1) is 11.3 Å². The van der Waals surface area contributed by atoms with E-state index in [9.17, 15) is 5.26 Å². The van der Waals surface area contributed by atoms with Gasteiger partial charge in [0, 0.05) is 12.1 Å². The second-order valence-corrected chi connectivity index (χ2v) is 5.56. The van der Waals surface area contributed by atoms with Crippen LogP contribution in [0.15, 0.2) is 24.3 Å². The Hall–Kier alpha value is -1.90. The molecule has 0 atom stereocenters. The minimum atomic E-state index is 0.324. The van der Waals surface area contributed by atoms with E-state index in [1.807, 2.05) is 24.3 Å². The van der Waals surface area contributed by atoms with E-state index >= 15 is 0 Å². The summed E-state index contributed by atoms with van der Waals surface area (Å²) in [6.07, 6.45) is 2.52. The van der Waals surface area contributed by atoms with Gasteiger partial charge in [-0.3, -0.25) is 0 Å². The highest BCUT2D eigenvalue weighted by Crippen LogP contribution is 2.29. The summed E-state index contributed by atoms with van der Waals surface area (Å²) in [6, 6.07) is 9.59. The van der Waals surface area contributed by atoms with Crippen LogP contribution in [0.1, 0.15) is 18.5 Å². The SMILES string of the molecule is N#Cc1nnn(CCN2CCCC2)c1-c1ccccc1Cl. The fraction of sp³-hybridized carbons (Fsp3) is 0.400. The molecule has 5 nitrogen and oxygen atoms in total. The molecule has 0 spiro atoms. The van der Waals surface area contributed by atoms with E-state index in [1.165, 1.54) is 12.8 Å². The molecular weight excluding hydrogens is 286 g/mol. The molecule has 0 bridgehead atoms. The Morgan fingerprint density at radius 3 is 2.67 bits per heavy atom. The molecule has 21 heavy (non-hydrogen) atoms. The number of aromatic nitrogens is 3. The lowest BCUT2D eigenvalue weighted by molar-refractivity contribution is 0.315. The predicted molar refractivity (Wildman–Crippen MR) is 80.9 cm³/mol. The van der Waals surface area contributed by atoms with Gasteiger partial charge in [0.1, 0.15) is 11.8 Å². The smallest absolute Gasteiger partial charge is 0.190 e. The van der Waals surface area contributed by atoms with Gasteiger partial charge in [-0.25, -0.2) is 4.68 Å². The van der Waals surface area contributed by atoms with Crippen LogP contribution in [0.3, 0.4) is 0 Å². The number of hydrogen-bond acceptors (Lipinski definition) is 4. The van der Waals surface area contributed by atoms with Gasteiger partial charge in [-0.2, -0.15) is 5.26 Å². The van der Waals surface area contributed by atoms with Gasteiger partial charge in [-0.15, -0.1) is 5.10 Å². The van der Waals surface area contributed by atoms with Crippen molar-refractivity contribution in [2.24, 2.45) is 0 Å². The van der Waals surface area contributed by atoms with Gasteiger partial charge in [-0.1, -0.05) is 35.0 Å². The molecule has 108 valence electrons. The third-order valence-corrected chi connectivity index (χ3v) is 4.13. The van der Waals surface area contributed by atoms with Gasteiger partial charge in [0.05, 0.1) is 11.6 Å². The molecule has 0 amide bonds. The molecule has 1 aromatic carbocycles. The molecular formula is C15H16ClN5. The molecule has 3 rings (SSSR count). The quantitative estimate of drug-likeness (QED) is 0.871. The van der Waals surface area contributed by atoms with E-state index in [0.717, 1.165) is 31.7 Å². The van der Waals surface area contributed by atoms with Gasteiger partial charge >= 0.3 is 0 Å². The zero-order valence-electron chi connectivity index (χ0n) is 11.7. The van der Waals surface area contributed by atoms with Crippen LogP contribution in [0.5, 0.6) is 0 Å². The monoisotopic (exact) mass is 301 g/mol. The summed E-state index contributed by atoms with van der Waals surface area (Å²) < 4.78 is 1.79. The Morgan fingerprint density at radius 1 is 1.19 bits per heavy atom. The van der Waals surface area contributed by atoms with Crippen molar-refractivity contribution in [3.05, 3.63) is 35.0 Å². The van der Waals surface area contributed by atoms with Gasteiger partial charge in [0.25, 0.3) is 0 Å². The lowest BCUT2D eigenvalue weighted by Crippen LogP contribution is -2.24. The number of nitriles is 1. The van der Waals surface area contributed by atoms with Gasteiger partial charge in [-0.05, 0) is 32.0 Å². The number of benzene rings is 1. The second kappa shape index (κ2) is 6.25. The minimum absolute atomic E-state index is 0.324. The first-order valence-electron chi connectivity index (χ1n) is 7.10. The predicted octanol–water partition coefficient (Wildman–Crippen LogP) is 2.57. The Morgan fingerprint density at radius 2 is 1.95 bits per heavy atom. The second-order valence-electron chi connectivity index (χ2n) is 5.15. The molecule has 6 heteroatoms. The topological polar surface area (TPSA) is 57.7 Å². The van der Waals surface area contributed by atoms with E-state index in [4.69, 9.17) is 11.6 Å². The molecule has 2 heterocycles. The molecule has 1 saturated heterocycles. The largest absolute Gasteiger partial charge is 0.301 e. The van der Waals surface area contributed by atoms with E-state index in [2.05, 4.69) is 21.3 Å². The van der Waals surface area contributed by atoms with E-state index < -0.39 is 0 Å². The average molecular weight is 302 g/mol. The van der Waals surface area contributed by atoms with Crippen LogP contribution in [0.2, 0.25) is 5.02 Å². The molecule has 1 aliphatic heterocycles. The Balaban J connectivity index is 1.89. The number of likely N-dealkylation sites (tertiary alicyclic amines) is 1. The van der Waals surface area contributed by atoms with Crippen molar-refractivity contribution in [3.8, 4) is 17.3 Å². The number of hydrogen-bond donors (Lipinski definition) is 0. The van der Waals surface area contributed by atoms with Crippen molar-refractivity contribution in [2.75, 3.05) is 19.6 Å². The lowest BCUT2D eigenvalue weighted by Gasteiger charge is -2.15. The summed E-state index contributed by atoms with van der Waals surface area (Å²) in [4.78, 5) is 2.41. The first-order valence-corrected chi connectivity index (χ1v) is 7.48. The lowest BCUT2D eigenvalue weighted by atomic mass is 10.1. The maximum absolute atomic E-state index is 9.24. The van der Waals surface area contributed by atoms with Gasteiger partial charge in [0.15, 0.2) is 5.69 Å². The summed E-state index contributed by atoms with van der Waals surface area (Å²) >= 11 is 6.26. The van der Waals surface area contributed by atoms with E-state index in [0.29, 0.717) is 16.4 Å². The molecule has 0 radical (unpaired) electrons. The molecule has 2 aromatic rings. The van der Waals surface area contributed by atoms with Crippen LogP contribution in [0.25, 0.3) is 11.3 Å². The number of rotatable bonds is 4. The van der Waals surface area contributed by atoms with Gasteiger partial charge in [0.2, 0.25) is 0 Å². The van der Waals surface area contributed by atoms with E-state index in [-0.39, 0.29) is 0 Å². The molecule has 1 fully saturated rings. The maximum atomic E-state index is 9.24. The molecule has 1 aliphatic rings. The van der Waals surface area contributed by atoms with Crippen molar-refractivity contribution in [1.29, 1.82) is 5.26 Å². The minimum Gasteiger partial charge on any atom is -0.301 e. The number of nitrogens with zero attached hydrogens (tertiary/aromatic N) is 5. The van der Waals surface area contributed by atoms with E-state index in [1.54, 1.807) is 4.68 Å². The molecule has 0 unspecified atom stereocenters. The third kappa shape index (κ3) is 2.92. The fourth-order valence-electron chi connectivity index (χ4n) is 2.71. The Kier molecular flexibility index (Phi) is 4.18. The van der Waals surface area contributed by atoms with Crippen molar-refractivity contribution in [1.82, 2.24) is 19.9 Å². The third-order valence-electron chi connectivity index (χ3n) is 3.80. The fourth-order valence-corrected chi connectivity index (χ4v) is 2.93. The Labute approximate surface area is 128 Å². The first-order chi connectivity index (χ1) is 10.3. The summed E-state index contributed by atoms with van der Waals surface area (Å²) in [5.74, 6) is 0. The van der Waals surface area contributed by atoms with Crippen molar-refractivity contribution in [2.45, 2.75) is 19.4 Å². The number of halogens is 1. The highest BCUT2D eigenvalue weighted by Gasteiger charge is 2.18. The highest BCUT2D eigenvalue weighted by molar-refractivity contribution is 6.33. The van der Waals surface area contributed by atoms with Crippen LogP contribution >= 0.6 is 11.6 Å². The zero-order chi connectivity index (χ0) is 14.7. The molecule has 1 aromatic heterocycles. The maximum Gasteiger partial charge on any atom is 0.190 e. The van der Waals surface area contributed by atoms with Crippen LogP contribution in [0.4, 0.5) is 0 Å². The standard InChI is InChI=1S/C15H16ClN5/c16-13-6-2-1-5-12(13)15-14(11-17)18-19-21(15)10-9-20-7-3-4-8-20/h1-2,5-6H,3-4,7-10H2. The molecule has 0 aliphatic carbocycles. The normalized spacial score (nSPS) is 15.2. The van der Waals surface area contributed by atoms with Crippen molar-refractivity contribution < 1.29 is 0 Å². The van der Waals surface area contributed by atoms with Crippen LogP contribution < -0.4 is 0 Å². The van der Waals surface area contributed by atoms with Crippen LogP contribution in [-0.2, 0) is 6.54 Å². The summed E-state index contributed by atoms with van der Waals surface area (Å²) in [6.45, 7) is 3.92. The summed E-state index contributed by atoms with van der Waals surface area (Å²) in [5, 5.41) is 18.0. The highest BCUT2D eigenvalue weighted by atomic mass is 35.5. The Bertz CT molecular complexity index is 667. The molecule has 0 saturated carbocycles. The van der Waals surface area contributed by atoms with Gasteiger partial charge < -0.3 is 4.90 Å². The zero-order valence-corrected chi connectivity index (χ0v) is 12.4. The summed E-state index contributed by atoms with van der Waals surface area (Å²) in [7, 11) is 0. The molecule has 0 N–H and O–H groups in total.